The van der Waals surface area contributed by atoms with Crippen molar-refractivity contribution >= 4 is 17.8 Å². The standard InChI is InChI=1S/C30H38FN5O4/c1-19(2)15-26(28(32)37)35-29(38)24-8-7-23(16-25(24)31)39-14-4-5-21-10-12-36(13-11-21)30-33-17-22(18-34-30)27-9-6-20(3)40-27/h6-9,16-19,21,26H,4-5,10-15H2,1-3H3,(H2,32,37)(H,35,38)/t26-/m1/s1. The number of aryl methyl sites for hydroxylation is 1. The predicted octanol–water partition coefficient (Wildman–Crippen LogP) is 4.89. The van der Waals surface area contributed by atoms with Crippen molar-refractivity contribution in [3.05, 3.63) is 59.9 Å². The molecule has 1 atom stereocenters. The summed E-state index contributed by atoms with van der Waals surface area (Å²) in [5.41, 5.74) is 6.09. The number of nitrogens with zero attached hydrogens (tertiary/aromatic N) is 3. The van der Waals surface area contributed by atoms with Gasteiger partial charge in [-0.25, -0.2) is 14.4 Å². The van der Waals surface area contributed by atoms with E-state index in [9.17, 15) is 14.0 Å². The molecule has 9 nitrogen and oxygen atoms in total. The number of furan rings is 1. The van der Waals surface area contributed by atoms with E-state index >= 15 is 0 Å². The normalized spacial score (nSPS) is 14.8. The Morgan fingerprint density at radius 2 is 1.90 bits per heavy atom. The number of nitrogens with one attached hydrogen (secondary N) is 1. The second-order valence-corrected chi connectivity index (χ2v) is 10.8. The molecule has 1 saturated heterocycles. The van der Waals surface area contributed by atoms with Gasteiger partial charge >= 0.3 is 0 Å². The van der Waals surface area contributed by atoms with Gasteiger partial charge in [-0.3, -0.25) is 9.59 Å². The fraction of sp³-hybridized carbons (Fsp3) is 0.467. The van der Waals surface area contributed by atoms with E-state index in [2.05, 4.69) is 20.2 Å². The molecular formula is C30H38FN5O4. The van der Waals surface area contributed by atoms with E-state index in [1.807, 2.05) is 32.9 Å². The number of piperidine rings is 1. The Morgan fingerprint density at radius 1 is 1.18 bits per heavy atom. The average Bonchev–Trinajstić information content (AvgIpc) is 3.37. The van der Waals surface area contributed by atoms with Crippen LogP contribution in [0.4, 0.5) is 10.3 Å². The van der Waals surface area contributed by atoms with Gasteiger partial charge in [-0.15, -0.1) is 0 Å². The molecule has 0 spiro atoms. The molecule has 0 bridgehead atoms. The molecule has 1 aliphatic heterocycles. The van der Waals surface area contributed by atoms with Gasteiger partial charge < -0.3 is 25.1 Å². The van der Waals surface area contributed by atoms with Crippen molar-refractivity contribution in [2.24, 2.45) is 17.6 Å². The van der Waals surface area contributed by atoms with E-state index in [4.69, 9.17) is 14.9 Å². The lowest BCUT2D eigenvalue weighted by Crippen LogP contribution is -2.45. The lowest BCUT2D eigenvalue weighted by molar-refractivity contribution is -0.120. The molecule has 10 heteroatoms. The van der Waals surface area contributed by atoms with Gasteiger partial charge in [0.05, 0.1) is 17.7 Å². The van der Waals surface area contributed by atoms with Crippen molar-refractivity contribution in [3.8, 4) is 17.1 Å². The lowest BCUT2D eigenvalue weighted by Gasteiger charge is -2.32. The van der Waals surface area contributed by atoms with Crippen LogP contribution in [-0.2, 0) is 4.79 Å². The Labute approximate surface area is 234 Å². The van der Waals surface area contributed by atoms with Gasteiger partial charge in [0.15, 0.2) is 0 Å². The maximum Gasteiger partial charge on any atom is 0.254 e. The minimum atomic E-state index is -0.848. The van der Waals surface area contributed by atoms with Gasteiger partial charge in [0.2, 0.25) is 11.9 Å². The van der Waals surface area contributed by atoms with E-state index in [1.54, 1.807) is 18.5 Å². The zero-order valence-corrected chi connectivity index (χ0v) is 23.4. The van der Waals surface area contributed by atoms with E-state index in [0.29, 0.717) is 24.7 Å². The van der Waals surface area contributed by atoms with Crippen LogP contribution in [0.2, 0.25) is 0 Å². The predicted molar refractivity (Wildman–Crippen MR) is 150 cm³/mol. The highest BCUT2D eigenvalue weighted by Crippen LogP contribution is 2.26. The second-order valence-electron chi connectivity index (χ2n) is 10.8. The van der Waals surface area contributed by atoms with Crippen LogP contribution in [0.25, 0.3) is 11.3 Å². The van der Waals surface area contributed by atoms with Crippen LogP contribution < -0.4 is 20.7 Å². The maximum absolute atomic E-state index is 14.6. The Balaban J connectivity index is 1.18. The molecule has 4 rings (SSSR count). The molecule has 2 aromatic heterocycles. The fourth-order valence-corrected chi connectivity index (χ4v) is 4.91. The molecule has 3 heterocycles. The summed E-state index contributed by atoms with van der Waals surface area (Å²) in [5.74, 6) is 1.43. The number of ether oxygens (including phenoxy) is 1. The molecular weight excluding hydrogens is 513 g/mol. The molecule has 0 radical (unpaired) electrons. The number of primary amides is 1. The summed E-state index contributed by atoms with van der Waals surface area (Å²) >= 11 is 0. The topological polar surface area (TPSA) is 124 Å². The number of aromatic nitrogens is 2. The number of carbonyl (C=O) groups is 2. The summed E-state index contributed by atoms with van der Waals surface area (Å²) in [7, 11) is 0. The van der Waals surface area contributed by atoms with Crippen molar-refractivity contribution < 1.29 is 23.1 Å². The first-order valence-corrected chi connectivity index (χ1v) is 13.9. The molecule has 40 heavy (non-hydrogen) atoms. The quantitative estimate of drug-likeness (QED) is 0.307. The molecule has 1 aromatic carbocycles. The lowest BCUT2D eigenvalue weighted by atomic mass is 9.92. The number of benzene rings is 1. The molecule has 214 valence electrons. The largest absolute Gasteiger partial charge is 0.493 e. The summed E-state index contributed by atoms with van der Waals surface area (Å²) in [6.45, 7) is 7.99. The van der Waals surface area contributed by atoms with Gasteiger partial charge in [0, 0.05) is 31.5 Å². The van der Waals surface area contributed by atoms with Gasteiger partial charge in [0.1, 0.15) is 29.1 Å². The summed E-state index contributed by atoms with van der Waals surface area (Å²) in [6.07, 6.45) is 7.94. The van der Waals surface area contributed by atoms with E-state index in [0.717, 1.165) is 61.8 Å². The van der Waals surface area contributed by atoms with Crippen LogP contribution in [-0.4, -0.2) is 47.5 Å². The minimum absolute atomic E-state index is 0.148. The number of rotatable bonds is 12. The first kappa shape index (κ1) is 29.0. The first-order chi connectivity index (χ1) is 19.2. The van der Waals surface area contributed by atoms with Gasteiger partial charge in [-0.2, -0.15) is 0 Å². The number of anilines is 1. The third kappa shape index (κ3) is 7.80. The Hall–Kier alpha value is -3.95. The zero-order chi connectivity index (χ0) is 28.6. The average molecular weight is 552 g/mol. The number of hydrogen-bond acceptors (Lipinski definition) is 7. The van der Waals surface area contributed by atoms with Crippen molar-refractivity contribution in [2.75, 3.05) is 24.6 Å². The maximum atomic E-state index is 14.6. The minimum Gasteiger partial charge on any atom is -0.493 e. The number of carbonyl (C=O) groups excluding carboxylic acids is 2. The summed E-state index contributed by atoms with van der Waals surface area (Å²) in [4.78, 5) is 35.4. The first-order valence-electron chi connectivity index (χ1n) is 13.9. The Kier molecular flexibility index (Phi) is 9.74. The monoisotopic (exact) mass is 551 g/mol. The molecule has 0 unspecified atom stereocenters. The number of amides is 2. The summed E-state index contributed by atoms with van der Waals surface area (Å²) in [6, 6.07) is 7.13. The van der Waals surface area contributed by atoms with Crippen molar-refractivity contribution in [1.29, 1.82) is 0 Å². The van der Waals surface area contributed by atoms with Crippen molar-refractivity contribution in [1.82, 2.24) is 15.3 Å². The molecule has 2 amide bonds. The fourth-order valence-electron chi connectivity index (χ4n) is 4.91. The highest BCUT2D eigenvalue weighted by molar-refractivity contribution is 5.97. The van der Waals surface area contributed by atoms with Gasteiger partial charge in [-0.05, 0) is 75.1 Å². The second kappa shape index (κ2) is 13.4. The van der Waals surface area contributed by atoms with Gasteiger partial charge in [-0.1, -0.05) is 13.8 Å². The van der Waals surface area contributed by atoms with E-state index in [-0.39, 0.29) is 11.5 Å². The molecule has 1 aliphatic rings. The van der Waals surface area contributed by atoms with Gasteiger partial charge in [0.25, 0.3) is 5.91 Å². The van der Waals surface area contributed by atoms with Crippen LogP contribution in [0.15, 0.2) is 47.1 Å². The van der Waals surface area contributed by atoms with Crippen molar-refractivity contribution in [3.63, 3.8) is 0 Å². The number of nitrogens with two attached hydrogens (primary N) is 1. The molecule has 3 N–H and O–H groups in total. The zero-order valence-electron chi connectivity index (χ0n) is 23.4. The van der Waals surface area contributed by atoms with Crippen LogP contribution >= 0.6 is 0 Å². The van der Waals surface area contributed by atoms with Crippen LogP contribution in [0.5, 0.6) is 5.75 Å². The molecule has 3 aromatic rings. The Bertz CT molecular complexity index is 1290. The molecule has 1 fully saturated rings. The highest BCUT2D eigenvalue weighted by Gasteiger charge is 2.23. The third-order valence-corrected chi connectivity index (χ3v) is 7.13. The SMILES string of the molecule is Cc1ccc(-c2cnc(N3CCC(CCCOc4ccc(C(=O)N[C@H](CC(C)C)C(N)=O)c(F)c4)CC3)nc2)o1. The smallest absolute Gasteiger partial charge is 0.254 e. The highest BCUT2D eigenvalue weighted by atomic mass is 19.1. The molecule has 0 saturated carbocycles. The molecule has 0 aliphatic carbocycles. The number of halogens is 1. The van der Waals surface area contributed by atoms with Crippen LogP contribution in [0.3, 0.4) is 0 Å². The third-order valence-electron chi connectivity index (χ3n) is 7.13. The summed E-state index contributed by atoms with van der Waals surface area (Å²) < 4.78 is 26.0. The summed E-state index contributed by atoms with van der Waals surface area (Å²) in [5, 5.41) is 2.53. The Morgan fingerprint density at radius 3 is 2.50 bits per heavy atom. The van der Waals surface area contributed by atoms with E-state index < -0.39 is 23.7 Å². The van der Waals surface area contributed by atoms with E-state index in [1.165, 1.54) is 12.1 Å². The van der Waals surface area contributed by atoms with Crippen molar-refractivity contribution in [2.45, 2.75) is 58.9 Å². The van der Waals surface area contributed by atoms with Crippen LogP contribution in [0.1, 0.15) is 62.1 Å². The van der Waals surface area contributed by atoms with Crippen LogP contribution in [0, 0.1) is 24.6 Å². The number of hydrogen-bond donors (Lipinski definition) is 2.